The van der Waals surface area contributed by atoms with E-state index in [0.717, 1.165) is 31.8 Å². The smallest absolute Gasteiger partial charge is 0.347 e. The Morgan fingerprint density at radius 1 is 0.574 bits per heavy atom. The standard InChI is InChI=1S/C41H84N2O3P/c1-7-11-15-18-20-23-28-38(27-14-10-4)29-25-26-32-41(45)43(36-40(37-44)47(46)34-33-42(5)6)35-39(30-22-17-13-9-3)31-24-21-19-16-12-8-2/h38-40,44H,7-37H2,1-6H3/q+1. The lowest BCUT2D eigenvalue weighted by molar-refractivity contribution is -0.132. The number of hydrogen-bond donors (Lipinski definition) is 1. The largest absolute Gasteiger partial charge is 0.392 e. The zero-order chi connectivity index (χ0) is 35.0. The fourth-order valence-corrected chi connectivity index (χ4v) is 8.50. The molecular formula is C41H84N2O3P+. The van der Waals surface area contributed by atoms with Crippen LogP contribution in [0.5, 0.6) is 0 Å². The zero-order valence-electron chi connectivity index (χ0n) is 32.8. The molecule has 0 fully saturated rings. The number of carbonyl (C=O) groups is 1. The van der Waals surface area contributed by atoms with E-state index in [1.165, 1.54) is 148 Å². The first-order chi connectivity index (χ1) is 22.8. The molecule has 0 aliphatic rings. The highest BCUT2D eigenvalue weighted by Crippen LogP contribution is 2.30. The Morgan fingerprint density at radius 3 is 1.49 bits per heavy atom. The lowest BCUT2D eigenvalue weighted by atomic mass is 9.90. The predicted octanol–water partition coefficient (Wildman–Crippen LogP) is 12.0. The van der Waals surface area contributed by atoms with Crippen LogP contribution in [0.1, 0.15) is 195 Å². The van der Waals surface area contributed by atoms with Crippen molar-refractivity contribution >= 4 is 13.7 Å². The minimum atomic E-state index is -1.57. The summed E-state index contributed by atoms with van der Waals surface area (Å²) in [7, 11) is 2.43. The first-order valence-corrected chi connectivity index (χ1v) is 22.3. The molecule has 0 radical (unpaired) electrons. The summed E-state index contributed by atoms with van der Waals surface area (Å²) in [5, 5.41) is 10.3. The van der Waals surface area contributed by atoms with Crippen molar-refractivity contribution < 1.29 is 14.5 Å². The van der Waals surface area contributed by atoms with E-state index in [2.05, 4.69) is 37.5 Å². The second-order valence-corrected chi connectivity index (χ2v) is 17.2. The van der Waals surface area contributed by atoms with Crippen LogP contribution in [-0.4, -0.2) is 73.0 Å². The van der Waals surface area contributed by atoms with E-state index in [0.29, 0.717) is 25.0 Å². The van der Waals surface area contributed by atoms with Crippen molar-refractivity contribution in [2.24, 2.45) is 11.8 Å². The number of nitrogens with zero attached hydrogens (tertiary/aromatic N) is 2. The van der Waals surface area contributed by atoms with Crippen LogP contribution < -0.4 is 0 Å². The Balaban J connectivity index is 5.39. The summed E-state index contributed by atoms with van der Waals surface area (Å²) in [5.74, 6) is 1.52. The molecule has 0 aromatic carbocycles. The van der Waals surface area contributed by atoms with Gasteiger partial charge in [-0.2, -0.15) is 0 Å². The second kappa shape index (κ2) is 34.0. The van der Waals surface area contributed by atoms with Gasteiger partial charge in [0.05, 0.1) is 13.2 Å². The molecule has 0 rings (SSSR count). The summed E-state index contributed by atoms with van der Waals surface area (Å²) < 4.78 is 13.3. The topological polar surface area (TPSA) is 60.9 Å². The van der Waals surface area contributed by atoms with E-state index in [1.807, 2.05) is 14.1 Å². The zero-order valence-corrected chi connectivity index (χ0v) is 33.7. The summed E-state index contributed by atoms with van der Waals surface area (Å²) in [5.41, 5.74) is -0.334. The van der Waals surface area contributed by atoms with Gasteiger partial charge in [0, 0.05) is 19.5 Å². The van der Waals surface area contributed by atoms with Crippen molar-refractivity contribution in [1.29, 1.82) is 0 Å². The molecule has 5 nitrogen and oxygen atoms in total. The lowest BCUT2D eigenvalue weighted by Crippen LogP contribution is -2.41. The highest BCUT2D eigenvalue weighted by atomic mass is 31.1. The first kappa shape index (κ1) is 46.5. The molecule has 6 heteroatoms. The molecule has 0 aromatic rings. The number of aliphatic hydroxyl groups is 1. The predicted molar refractivity (Wildman–Crippen MR) is 208 cm³/mol. The van der Waals surface area contributed by atoms with E-state index in [4.69, 9.17) is 0 Å². The maximum atomic E-state index is 13.9. The fourth-order valence-electron chi connectivity index (χ4n) is 6.97. The third-order valence-electron chi connectivity index (χ3n) is 10.3. The van der Waals surface area contributed by atoms with Crippen LogP contribution in [0.4, 0.5) is 0 Å². The molecule has 0 bridgehead atoms. The average molecular weight is 684 g/mol. The lowest BCUT2D eigenvalue weighted by Gasteiger charge is -2.29. The Morgan fingerprint density at radius 2 is 1.00 bits per heavy atom. The highest BCUT2D eigenvalue weighted by Gasteiger charge is 2.33. The summed E-state index contributed by atoms with van der Waals surface area (Å²) in [6.45, 7) is 11.0. The SMILES string of the molecule is CCCCCCCCC(CCCC)CCCCC(=O)N(CC(CCCCCC)CCCCCCCC)CC(CO)[P+](=O)CCN(C)C. The number of carbonyl (C=O) groups excluding carboxylic acids is 1. The van der Waals surface area contributed by atoms with Gasteiger partial charge in [0.15, 0.2) is 11.8 Å². The van der Waals surface area contributed by atoms with Crippen LogP contribution in [0.3, 0.4) is 0 Å². The molecule has 4 atom stereocenters. The maximum Gasteiger partial charge on any atom is 0.347 e. The van der Waals surface area contributed by atoms with E-state index in [9.17, 15) is 14.5 Å². The van der Waals surface area contributed by atoms with Crippen LogP contribution in [0.15, 0.2) is 0 Å². The summed E-state index contributed by atoms with van der Waals surface area (Å²) >= 11 is 0. The summed E-state index contributed by atoms with van der Waals surface area (Å²) in [6.07, 6.45) is 33.1. The van der Waals surface area contributed by atoms with Gasteiger partial charge in [0.2, 0.25) is 5.91 Å². The molecule has 0 saturated heterocycles. The molecule has 0 saturated carbocycles. The van der Waals surface area contributed by atoms with Crippen LogP contribution >= 0.6 is 7.80 Å². The van der Waals surface area contributed by atoms with Gasteiger partial charge < -0.3 is 14.9 Å². The minimum Gasteiger partial charge on any atom is -0.392 e. The monoisotopic (exact) mass is 684 g/mol. The number of amides is 1. The van der Waals surface area contributed by atoms with Crippen LogP contribution in [0, 0.1) is 11.8 Å². The minimum absolute atomic E-state index is 0.109. The summed E-state index contributed by atoms with van der Waals surface area (Å²) in [4.78, 5) is 18.0. The van der Waals surface area contributed by atoms with Crippen molar-refractivity contribution in [3.05, 3.63) is 0 Å². The van der Waals surface area contributed by atoms with Gasteiger partial charge in [-0.1, -0.05) is 174 Å². The van der Waals surface area contributed by atoms with E-state index in [1.54, 1.807) is 0 Å². The number of unbranched alkanes of at least 4 members (excludes halogenated alkanes) is 15. The maximum absolute atomic E-state index is 13.9. The molecular weight excluding hydrogens is 599 g/mol. The Labute approximate surface area is 296 Å². The van der Waals surface area contributed by atoms with Crippen molar-refractivity contribution in [3.8, 4) is 0 Å². The van der Waals surface area contributed by atoms with E-state index in [-0.39, 0.29) is 18.2 Å². The quantitative estimate of drug-likeness (QED) is 0.0527. The van der Waals surface area contributed by atoms with Crippen LogP contribution in [-0.2, 0) is 9.36 Å². The van der Waals surface area contributed by atoms with E-state index >= 15 is 0 Å². The Kier molecular flexibility index (Phi) is 33.6. The molecule has 1 amide bonds. The molecule has 1 N–H and O–H groups in total. The van der Waals surface area contributed by atoms with Gasteiger partial charge in [-0.15, -0.1) is 0 Å². The van der Waals surface area contributed by atoms with Crippen molar-refractivity contribution in [2.45, 2.75) is 200 Å². The highest BCUT2D eigenvalue weighted by molar-refractivity contribution is 7.45. The van der Waals surface area contributed by atoms with Crippen LogP contribution in [0.2, 0.25) is 0 Å². The molecule has 0 aromatic heterocycles. The molecule has 0 heterocycles. The van der Waals surface area contributed by atoms with Gasteiger partial charge in [-0.25, -0.2) is 0 Å². The van der Waals surface area contributed by atoms with Gasteiger partial charge >= 0.3 is 7.80 Å². The van der Waals surface area contributed by atoms with Gasteiger partial charge in [-0.3, -0.25) is 4.79 Å². The average Bonchev–Trinajstić information content (AvgIpc) is 3.06. The van der Waals surface area contributed by atoms with Gasteiger partial charge in [0.25, 0.3) is 0 Å². The fraction of sp³-hybridized carbons (Fsp3) is 0.976. The van der Waals surface area contributed by atoms with Gasteiger partial charge in [0.1, 0.15) is 0 Å². The molecule has 4 unspecified atom stereocenters. The molecule has 47 heavy (non-hydrogen) atoms. The second-order valence-electron chi connectivity index (χ2n) is 15.2. The first-order valence-electron chi connectivity index (χ1n) is 20.8. The van der Waals surface area contributed by atoms with Crippen molar-refractivity contribution in [2.75, 3.05) is 46.5 Å². The Hall–Kier alpha value is -0.510. The van der Waals surface area contributed by atoms with Crippen molar-refractivity contribution in [1.82, 2.24) is 9.80 Å². The molecule has 0 aliphatic carbocycles. The number of rotatable bonds is 36. The third-order valence-corrected chi connectivity index (χ3v) is 12.0. The third kappa shape index (κ3) is 27.9. The van der Waals surface area contributed by atoms with E-state index < -0.39 is 7.80 Å². The Bertz CT molecular complexity index is 704. The van der Waals surface area contributed by atoms with Crippen LogP contribution in [0.25, 0.3) is 0 Å². The van der Waals surface area contributed by atoms with Gasteiger partial charge in [-0.05, 0) is 45.2 Å². The molecule has 280 valence electrons. The number of hydrogen-bond acceptors (Lipinski definition) is 4. The van der Waals surface area contributed by atoms with Crippen molar-refractivity contribution in [3.63, 3.8) is 0 Å². The normalized spacial score (nSPS) is 14.0. The summed E-state index contributed by atoms with van der Waals surface area (Å²) in [6, 6.07) is 0. The molecule has 0 aliphatic heterocycles. The number of aliphatic hydroxyl groups excluding tert-OH is 1. The molecule has 0 spiro atoms.